The molecule has 0 atom stereocenters. The normalized spacial score (nSPS) is 18.1. The van der Waals surface area contributed by atoms with Gasteiger partial charge in [0.2, 0.25) is 6.41 Å². The van der Waals surface area contributed by atoms with Gasteiger partial charge in [-0.2, -0.15) is 0 Å². The molecule has 16 heavy (non-hydrogen) atoms. The van der Waals surface area contributed by atoms with Crippen LogP contribution >= 0.6 is 0 Å². The Bertz CT molecular complexity index is 233. The van der Waals surface area contributed by atoms with Crippen LogP contribution in [-0.2, 0) is 9.59 Å². The molecule has 0 aromatic heterocycles. The fraction of sp³-hybridized carbons (Fsp3) is 0.833. The topological polar surface area (TPSA) is 40.6 Å². The molecule has 1 saturated heterocycles. The van der Waals surface area contributed by atoms with Crippen LogP contribution in [0.25, 0.3) is 0 Å². The molecular weight excluding hydrogens is 204 g/mol. The molecule has 0 bridgehead atoms. The summed E-state index contributed by atoms with van der Waals surface area (Å²) in [5.74, 6) is 0. The fourth-order valence-electron chi connectivity index (χ4n) is 2.34. The van der Waals surface area contributed by atoms with Crippen LogP contribution in [0.15, 0.2) is 0 Å². The van der Waals surface area contributed by atoms with E-state index in [1.54, 1.807) is 5.01 Å². The quantitative estimate of drug-likeness (QED) is 0.646. The number of rotatable bonds is 6. The molecule has 0 aliphatic carbocycles. The van der Waals surface area contributed by atoms with Crippen LogP contribution in [0.1, 0.15) is 46.0 Å². The van der Waals surface area contributed by atoms with E-state index in [0.29, 0.717) is 12.8 Å². The van der Waals surface area contributed by atoms with E-state index in [2.05, 4.69) is 0 Å². The van der Waals surface area contributed by atoms with Crippen LogP contribution in [-0.4, -0.2) is 41.3 Å². The van der Waals surface area contributed by atoms with Gasteiger partial charge in [-0.3, -0.25) is 9.80 Å². The molecule has 1 aliphatic heterocycles. The van der Waals surface area contributed by atoms with Gasteiger partial charge in [0.1, 0.15) is 11.8 Å². The van der Waals surface area contributed by atoms with E-state index < -0.39 is 5.54 Å². The zero-order valence-electron chi connectivity index (χ0n) is 10.3. The van der Waals surface area contributed by atoms with Crippen molar-refractivity contribution < 1.29 is 9.59 Å². The van der Waals surface area contributed by atoms with Gasteiger partial charge < -0.3 is 4.79 Å². The predicted molar refractivity (Wildman–Crippen MR) is 62.7 cm³/mol. The van der Waals surface area contributed by atoms with Crippen molar-refractivity contribution >= 4 is 12.7 Å². The van der Waals surface area contributed by atoms with E-state index in [1.165, 1.54) is 6.42 Å². The highest BCUT2D eigenvalue weighted by molar-refractivity contribution is 5.69. The summed E-state index contributed by atoms with van der Waals surface area (Å²) in [5, 5.41) is 3.65. The number of hydrazine groups is 1. The Balaban J connectivity index is 2.84. The SMILES string of the molecule is CCC(C=O)(CC)N(C=O)N1CCCCC1. The van der Waals surface area contributed by atoms with E-state index in [0.717, 1.165) is 38.6 Å². The molecule has 0 aromatic carbocycles. The molecule has 0 aromatic rings. The summed E-state index contributed by atoms with van der Waals surface area (Å²) in [6.07, 6.45) is 6.50. The van der Waals surface area contributed by atoms with E-state index in [1.807, 2.05) is 18.9 Å². The van der Waals surface area contributed by atoms with Gasteiger partial charge in [0.05, 0.1) is 0 Å². The number of aldehydes is 1. The Morgan fingerprint density at radius 1 is 1.12 bits per heavy atom. The molecule has 0 saturated carbocycles. The molecule has 0 N–H and O–H groups in total. The van der Waals surface area contributed by atoms with Crippen molar-refractivity contribution in [3.05, 3.63) is 0 Å². The second-order valence-corrected chi connectivity index (χ2v) is 4.39. The summed E-state index contributed by atoms with van der Waals surface area (Å²) in [4.78, 5) is 22.6. The Hall–Kier alpha value is -0.900. The zero-order valence-corrected chi connectivity index (χ0v) is 10.3. The lowest BCUT2D eigenvalue weighted by molar-refractivity contribution is -0.161. The molecule has 0 spiro atoms. The molecule has 4 heteroatoms. The van der Waals surface area contributed by atoms with E-state index in [9.17, 15) is 9.59 Å². The second-order valence-electron chi connectivity index (χ2n) is 4.39. The first-order valence-electron chi connectivity index (χ1n) is 6.20. The molecule has 1 fully saturated rings. The van der Waals surface area contributed by atoms with Crippen LogP contribution in [0.2, 0.25) is 0 Å². The highest BCUT2D eigenvalue weighted by atomic mass is 16.2. The molecule has 92 valence electrons. The summed E-state index contributed by atoms with van der Waals surface area (Å²) in [7, 11) is 0. The number of hydrogen-bond acceptors (Lipinski definition) is 3. The van der Waals surface area contributed by atoms with Crippen LogP contribution < -0.4 is 0 Å². The summed E-state index contributed by atoms with van der Waals surface area (Å²) < 4.78 is 0. The van der Waals surface area contributed by atoms with Crippen LogP contribution in [0.3, 0.4) is 0 Å². The first-order chi connectivity index (χ1) is 7.74. The number of nitrogens with zero attached hydrogens (tertiary/aromatic N) is 2. The average Bonchev–Trinajstić information content (AvgIpc) is 2.37. The Labute approximate surface area is 97.6 Å². The lowest BCUT2D eigenvalue weighted by Crippen LogP contribution is -2.58. The largest absolute Gasteiger partial charge is 0.301 e. The monoisotopic (exact) mass is 226 g/mol. The molecule has 1 heterocycles. The van der Waals surface area contributed by atoms with Crippen molar-refractivity contribution in [1.29, 1.82) is 0 Å². The van der Waals surface area contributed by atoms with Gasteiger partial charge in [0.15, 0.2) is 0 Å². The average molecular weight is 226 g/mol. The number of carbonyl (C=O) groups is 2. The van der Waals surface area contributed by atoms with E-state index in [-0.39, 0.29) is 0 Å². The zero-order chi connectivity index (χ0) is 12.0. The van der Waals surface area contributed by atoms with Crippen molar-refractivity contribution in [2.45, 2.75) is 51.5 Å². The molecule has 0 unspecified atom stereocenters. The molecule has 1 rings (SSSR count). The standard InChI is InChI=1S/C12H22N2O2/c1-3-12(4-2,10-15)14(11-16)13-8-6-5-7-9-13/h10-11H,3-9H2,1-2H3. The number of carbonyl (C=O) groups excluding carboxylic acids is 2. The number of piperidine rings is 1. The molecule has 1 amide bonds. The predicted octanol–water partition coefficient (Wildman–Crippen LogP) is 1.60. The lowest BCUT2D eigenvalue weighted by atomic mass is 9.94. The highest BCUT2D eigenvalue weighted by Crippen LogP contribution is 2.24. The smallest absolute Gasteiger partial charge is 0.225 e. The Kier molecular flexibility index (Phi) is 4.93. The minimum absolute atomic E-state index is 0.640. The minimum Gasteiger partial charge on any atom is -0.301 e. The fourth-order valence-corrected chi connectivity index (χ4v) is 2.34. The van der Waals surface area contributed by atoms with Crippen molar-refractivity contribution in [2.24, 2.45) is 0 Å². The van der Waals surface area contributed by atoms with Crippen molar-refractivity contribution in [3.63, 3.8) is 0 Å². The lowest BCUT2D eigenvalue weighted by Gasteiger charge is -2.44. The van der Waals surface area contributed by atoms with Gasteiger partial charge in [-0.15, -0.1) is 0 Å². The van der Waals surface area contributed by atoms with Gasteiger partial charge in [-0.05, 0) is 25.7 Å². The van der Waals surface area contributed by atoms with Crippen molar-refractivity contribution in [3.8, 4) is 0 Å². The van der Waals surface area contributed by atoms with Gasteiger partial charge >= 0.3 is 0 Å². The van der Waals surface area contributed by atoms with Crippen LogP contribution in [0, 0.1) is 0 Å². The number of hydrogen-bond donors (Lipinski definition) is 0. The molecular formula is C12H22N2O2. The summed E-state index contributed by atoms with van der Waals surface area (Å²) >= 11 is 0. The molecule has 0 radical (unpaired) electrons. The highest BCUT2D eigenvalue weighted by Gasteiger charge is 2.36. The molecule has 4 nitrogen and oxygen atoms in total. The maximum atomic E-state index is 11.3. The first-order valence-corrected chi connectivity index (χ1v) is 6.20. The summed E-state index contributed by atoms with van der Waals surface area (Å²) in [5.41, 5.74) is -0.640. The van der Waals surface area contributed by atoms with Crippen LogP contribution in [0.4, 0.5) is 0 Å². The Morgan fingerprint density at radius 2 is 1.69 bits per heavy atom. The Morgan fingerprint density at radius 3 is 2.06 bits per heavy atom. The van der Waals surface area contributed by atoms with Gasteiger partial charge in [0.25, 0.3) is 0 Å². The first kappa shape index (κ1) is 13.2. The van der Waals surface area contributed by atoms with E-state index >= 15 is 0 Å². The summed E-state index contributed by atoms with van der Waals surface area (Å²) in [6.45, 7) is 5.68. The van der Waals surface area contributed by atoms with Crippen molar-refractivity contribution in [2.75, 3.05) is 13.1 Å². The van der Waals surface area contributed by atoms with Gasteiger partial charge in [-0.1, -0.05) is 20.3 Å². The third-order valence-electron chi connectivity index (χ3n) is 3.64. The van der Waals surface area contributed by atoms with Gasteiger partial charge in [-0.25, -0.2) is 5.01 Å². The maximum Gasteiger partial charge on any atom is 0.225 e. The van der Waals surface area contributed by atoms with Crippen molar-refractivity contribution in [1.82, 2.24) is 10.0 Å². The summed E-state index contributed by atoms with van der Waals surface area (Å²) in [6, 6.07) is 0. The maximum absolute atomic E-state index is 11.3. The van der Waals surface area contributed by atoms with E-state index in [4.69, 9.17) is 0 Å². The number of amides is 1. The van der Waals surface area contributed by atoms with Crippen LogP contribution in [0.5, 0.6) is 0 Å². The third kappa shape index (κ3) is 2.43. The minimum atomic E-state index is -0.640. The second kappa shape index (κ2) is 5.99. The molecule has 1 aliphatic rings. The third-order valence-corrected chi connectivity index (χ3v) is 3.64. The van der Waals surface area contributed by atoms with Gasteiger partial charge in [0, 0.05) is 13.1 Å².